The van der Waals surface area contributed by atoms with Gasteiger partial charge in [-0.3, -0.25) is 9.59 Å². The second kappa shape index (κ2) is 7.02. The number of hydrogen-bond donors (Lipinski definition) is 2. The Morgan fingerprint density at radius 3 is 2.60 bits per heavy atom. The van der Waals surface area contributed by atoms with Crippen LogP contribution in [0.4, 0.5) is 0 Å². The zero-order chi connectivity index (χ0) is 17.9. The first-order valence-electron chi connectivity index (χ1n) is 8.17. The number of nitrogens with two attached hydrogens (primary N) is 1. The van der Waals surface area contributed by atoms with Gasteiger partial charge >= 0.3 is 0 Å². The van der Waals surface area contributed by atoms with Gasteiger partial charge in [-0.2, -0.15) is 0 Å². The molecule has 1 aliphatic rings. The maximum Gasteiger partial charge on any atom is 0.273 e. The summed E-state index contributed by atoms with van der Waals surface area (Å²) in [5, 5.41) is 10.8. The van der Waals surface area contributed by atoms with Crippen molar-refractivity contribution in [1.29, 1.82) is 0 Å². The first-order chi connectivity index (χ1) is 12.0. The Balaban J connectivity index is 1.74. The summed E-state index contributed by atoms with van der Waals surface area (Å²) < 4.78 is 6.90. The van der Waals surface area contributed by atoms with Crippen molar-refractivity contribution >= 4 is 11.8 Å². The van der Waals surface area contributed by atoms with Gasteiger partial charge in [-0.15, -0.1) is 5.10 Å². The molecule has 0 unspecified atom stereocenters. The van der Waals surface area contributed by atoms with Crippen LogP contribution in [0.5, 0.6) is 0 Å². The SMILES string of the molecule is Cc1c(C(=O)NCC2(C(N)=O)CCOCC2)nnn1-c1ccccc1. The first-order valence-corrected chi connectivity index (χ1v) is 8.17. The molecule has 0 atom stereocenters. The van der Waals surface area contributed by atoms with Gasteiger partial charge in [0.25, 0.3) is 5.91 Å². The highest BCUT2D eigenvalue weighted by Crippen LogP contribution is 2.29. The van der Waals surface area contributed by atoms with Crippen LogP contribution in [0.15, 0.2) is 30.3 Å². The zero-order valence-electron chi connectivity index (χ0n) is 14.1. The summed E-state index contributed by atoms with van der Waals surface area (Å²) in [6.07, 6.45) is 0.997. The second-order valence-corrected chi connectivity index (χ2v) is 6.21. The van der Waals surface area contributed by atoms with Crippen molar-refractivity contribution < 1.29 is 14.3 Å². The van der Waals surface area contributed by atoms with Crippen LogP contribution in [-0.4, -0.2) is 46.6 Å². The number of hydrogen-bond acceptors (Lipinski definition) is 5. The van der Waals surface area contributed by atoms with E-state index in [1.165, 1.54) is 0 Å². The molecule has 0 aliphatic carbocycles. The molecule has 0 bridgehead atoms. The molecule has 0 saturated carbocycles. The fraction of sp³-hybridized carbons (Fsp3) is 0.412. The summed E-state index contributed by atoms with van der Waals surface area (Å²) in [6.45, 7) is 2.87. The van der Waals surface area contributed by atoms with Gasteiger partial charge in [0.05, 0.1) is 16.8 Å². The predicted molar refractivity (Wildman–Crippen MR) is 90.1 cm³/mol. The van der Waals surface area contributed by atoms with Gasteiger partial charge in [0.1, 0.15) is 0 Å². The molecule has 8 heteroatoms. The van der Waals surface area contributed by atoms with E-state index in [4.69, 9.17) is 10.5 Å². The quantitative estimate of drug-likeness (QED) is 0.825. The van der Waals surface area contributed by atoms with E-state index in [1.54, 1.807) is 11.6 Å². The number of para-hydroxylation sites is 1. The lowest BCUT2D eigenvalue weighted by atomic mass is 9.79. The summed E-state index contributed by atoms with van der Waals surface area (Å²) in [7, 11) is 0. The number of primary amides is 1. The molecular formula is C17H21N5O3. The van der Waals surface area contributed by atoms with Gasteiger partial charge in [0, 0.05) is 19.8 Å². The molecule has 0 radical (unpaired) electrons. The third-order valence-electron chi connectivity index (χ3n) is 4.67. The molecule has 2 amide bonds. The lowest BCUT2D eigenvalue weighted by molar-refractivity contribution is -0.132. The van der Waals surface area contributed by atoms with Crippen LogP contribution >= 0.6 is 0 Å². The summed E-state index contributed by atoms with van der Waals surface area (Å²) in [4.78, 5) is 24.4. The highest BCUT2D eigenvalue weighted by atomic mass is 16.5. The maximum absolute atomic E-state index is 12.5. The largest absolute Gasteiger partial charge is 0.381 e. The third-order valence-corrected chi connectivity index (χ3v) is 4.67. The Hall–Kier alpha value is -2.74. The highest BCUT2D eigenvalue weighted by Gasteiger charge is 2.39. The number of carbonyl (C=O) groups is 2. The number of amides is 2. The van der Waals surface area contributed by atoms with Crippen molar-refractivity contribution in [2.24, 2.45) is 11.1 Å². The van der Waals surface area contributed by atoms with Gasteiger partial charge < -0.3 is 15.8 Å². The number of ether oxygens (including phenoxy) is 1. The summed E-state index contributed by atoms with van der Waals surface area (Å²) in [6, 6.07) is 9.44. The molecule has 0 spiro atoms. The Kier molecular flexibility index (Phi) is 4.80. The van der Waals surface area contributed by atoms with Crippen molar-refractivity contribution in [1.82, 2.24) is 20.3 Å². The molecule has 1 aromatic carbocycles. The number of rotatable bonds is 5. The fourth-order valence-corrected chi connectivity index (χ4v) is 2.96. The summed E-state index contributed by atoms with van der Waals surface area (Å²) in [5.41, 5.74) is 6.48. The number of nitrogens with one attached hydrogen (secondary N) is 1. The Bertz CT molecular complexity index is 766. The molecule has 132 valence electrons. The molecule has 8 nitrogen and oxygen atoms in total. The van der Waals surface area contributed by atoms with Crippen LogP contribution < -0.4 is 11.1 Å². The van der Waals surface area contributed by atoms with E-state index in [1.807, 2.05) is 30.3 Å². The van der Waals surface area contributed by atoms with E-state index in [0.29, 0.717) is 31.7 Å². The van der Waals surface area contributed by atoms with Crippen molar-refractivity contribution in [3.63, 3.8) is 0 Å². The molecule has 3 rings (SSSR count). The zero-order valence-corrected chi connectivity index (χ0v) is 14.1. The van der Waals surface area contributed by atoms with Crippen LogP contribution in [0.2, 0.25) is 0 Å². The van der Waals surface area contributed by atoms with E-state index < -0.39 is 11.3 Å². The van der Waals surface area contributed by atoms with E-state index in [9.17, 15) is 9.59 Å². The Labute approximate surface area is 145 Å². The van der Waals surface area contributed by atoms with E-state index in [-0.39, 0.29) is 18.1 Å². The summed E-state index contributed by atoms with van der Waals surface area (Å²) >= 11 is 0. The molecule has 1 saturated heterocycles. The number of benzene rings is 1. The van der Waals surface area contributed by atoms with Crippen LogP contribution in [0.25, 0.3) is 5.69 Å². The topological polar surface area (TPSA) is 112 Å². The maximum atomic E-state index is 12.5. The monoisotopic (exact) mass is 343 g/mol. The van der Waals surface area contributed by atoms with Gasteiger partial charge in [0.2, 0.25) is 5.91 Å². The molecule has 2 aromatic rings. The van der Waals surface area contributed by atoms with Crippen LogP contribution in [0.3, 0.4) is 0 Å². The summed E-state index contributed by atoms with van der Waals surface area (Å²) in [5.74, 6) is -0.785. The number of aromatic nitrogens is 3. The molecule has 1 aliphatic heterocycles. The standard InChI is InChI=1S/C17H21N5O3/c1-12-14(20-21-22(12)13-5-3-2-4-6-13)15(23)19-11-17(16(18)24)7-9-25-10-8-17/h2-6H,7-11H2,1H3,(H2,18,24)(H,19,23). The lowest BCUT2D eigenvalue weighted by Gasteiger charge is -2.34. The molecule has 3 N–H and O–H groups in total. The van der Waals surface area contributed by atoms with Crippen LogP contribution in [0, 0.1) is 12.3 Å². The minimum absolute atomic E-state index is 0.169. The number of carbonyl (C=O) groups excluding carboxylic acids is 2. The van der Waals surface area contributed by atoms with Gasteiger partial charge in [-0.1, -0.05) is 23.4 Å². The normalized spacial score (nSPS) is 16.4. The molecule has 1 fully saturated rings. The predicted octanol–water partition coefficient (Wildman–Crippen LogP) is 0.588. The molecular weight excluding hydrogens is 322 g/mol. The Morgan fingerprint density at radius 1 is 1.28 bits per heavy atom. The highest BCUT2D eigenvalue weighted by molar-refractivity contribution is 5.94. The lowest BCUT2D eigenvalue weighted by Crippen LogP contribution is -2.49. The Morgan fingerprint density at radius 2 is 1.96 bits per heavy atom. The average Bonchev–Trinajstić information content (AvgIpc) is 3.02. The third kappa shape index (κ3) is 3.39. The van der Waals surface area contributed by atoms with E-state index in [2.05, 4.69) is 15.6 Å². The average molecular weight is 343 g/mol. The van der Waals surface area contributed by atoms with Crippen LogP contribution in [0.1, 0.15) is 29.0 Å². The molecule has 1 aromatic heterocycles. The van der Waals surface area contributed by atoms with Gasteiger partial charge in [-0.25, -0.2) is 4.68 Å². The molecule has 25 heavy (non-hydrogen) atoms. The van der Waals surface area contributed by atoms with Crippen molar-refractivity contribution in [2.75, 3.05) is 19.8 Å². The van der Waals surface area contributed by atoms with Gasteiger partial charge in [0.15, 0.2) is 5.69 Å². The van der Waals surface area contributed by atoms with Crippen molar-refractivity contribution in [3.8, 4) is 5.69 Å². The number of nitrogens with zero attached hydrogens (tertiary/aromatic N) is 3. The minimum atomic E-state index is -0.767. The minimum Gasteiger partial charge on any atom is -0.381 e. The van der Waals surface area contributed by atoms with Gasteiger partial charge in [-0.05, 0) is 31.9 Å². The van der Waals surface area contributed by atoms with E-state index in [0.717, 1.165) is 5.69 Å². The van der Waals surface area contributed by atoms with E-state index >= 15 is 0 Å². The van der Waals surface area contributed by atoms with Crippen LogP contribution in [-0.2, 0) is 9.53 Å². The first kappa shape index (κ1) is 17.1. The second-order valence-electron chi connectivity index (χ2n) is 6.21. The van der Waals surface area contributed by atoms with Crippen molar-refractivity contribution in [3.05, 3.63) is 41.7 Å². The fourth-order valence-electron chi connectivity index (χ4n) is 2.96. The molecule has 2 heterocycles. The smallest absolute Gasteiger partial charge is 0.273 e. The van der Waals surface area contributed by atoms with Crippen molar-refractivity contribution in [2.45, 2.75) is 19.8 Å².